The molecule has 1 heterocycles. The highest BCUT2D eigenvalue weighted by Gasteiger charge is 2.28. The van der Waals surface area contributed by atoms with Gasteiger partial charge in [0.1, 0.15) is 0 Å². The topological polar surface area (TPSA) is 41.1 Å². The second kappa shape index (κ2) is 7.61. The average Bonchev–Trinajstić information content (AvgIpc) is 2.45. The van der Waals surface area contributed by atoms with Gasteiger partial charge in [0.25, 0.3) is 0 Å². The molecule has 1 amide bonds. The van der Waals surface area contributed by atoms with Crippen LogP contribution < -0.4 is 10.6 Å². The molecule has 2 aromatic carbocycles. The van der Waals surface area contributed by atoms with Crippen LogP contribution in [0.5, 0.6) is 0 Å². The molecule has 0 saturated carbocycles. The highest BCUT2D eigenvalue weighted by molar-refractivity contribution is 5.86. The quantitative estimate of drug-likeness (QED) is 0.890. The standard InChI is InChI=1S/C18H22N2O.ClH/c1-13(16-11-19-12-16)18(21)20-10-9-15-7-4-6-14-5-2-3-8-17(14)15;/h2-8,13,16,19H,9-12H2,1H3,(H,20,21);1H. The molecule has 3 rings (SSSR count). The molecule has 22 heavy (non-hydrogen) atoms. The number of hydrogen-bond donors (Lipinski definition) is 2. The molecule has 1 aliphatic rings. The molecule has 1 fully saturated rings. The summed E-state index contributed by atoms with van der Waals surface area (Å²) in [7, 11) is 0. The molecule has 0 aromatic heterocycles. The first-order valence-corrected chi connectivity index (χ1v) is 7.71. The lowest BCUT2D eigenvalue weighted by atomic mass is 9.88. The Bertz CT molecular complexity index is 635. The highest BCUT2D eigenvalue weighted by Crippen LogP contribution is 2.19. The molecule has 1 saturated heterocycles. The van der Waals surface area contributed by atoms with E-state index in [1.165, 1.54) is 16.3 Å². The monoisotopic (exact) mass is 318 g/mol. The van der Waals surface area contributed by atoms with Crippen molar-refractivity contribution in [3.63, 3.8) is 0 Å². The van der Waals surface area contributed by atoms with Gasteiger partial charge in [0.05, 0.1) is 0 Å². The maximum Gasteiger partial charge on any atom is 0.223 e. The number of fused-ring (bicyclic) bond motifs is 1. The van der Waals surface area contributed by atoms with Crippen molar-refractivity contribution in [2.24, 2.45) is 11.8 Å². The van der Waals surface area contributed by atoms with Crippen molar-refractivity contribution in [3.8, 4) is 0 Å². The smallest absolute Gasteiger partial charge is 0.223 e. The maximum atomic E-state index is 12.1. The van der Waals surface area contributed by atoms with E-state index < -0.39 is 0 Å². The number of nitrogens with one attached hydrogen (secondary N) is 2. The number of carbonyl (C=O) groups excluding carboxylic acids is 1. The van der Waals surface area contributed by atoms with E-state index in [4.69, 9.17) is 0 Å². The summed E-state index contributed by atoms with van der Waals surface area (Å²) in [5, 5.41) is 8.84. The van der Waals surface area contributed by atoms with Crippen molar-refractivity contribution >= 4 is 29.1 Å². The van der Waals surface area contributed by atoms with Crippen LogP contribution in [0.15, 0.2) is 42.5 Å². The number of amides is 1. The van der Waals surface area contributed by atoms with Gasteiger partial charge in [-0.25, -0.2) is 0 Å². The van der Waals surface area contributed by atoms with Crippen molar-refractivity contribution in [1.82, 2.24) is 10.6 Å². The van der Waals surface area contributed by atoms with Crippen molar-refractivity contribution in [2.45, 2.75) is 13.3 Å². The Morgan fingerprint density at radius 2 is 1.95 bits per heavy atom. The van der Waals surface area contributed by atoms with Crippen molar-refractivity contribution in [2.75, 3.05) is 19.6 Å². The fourth-order valence-electron chi connectivity index (χ4n) is 2.87. The van der Waals surface area contributed by atoms with Crippen LogP contribution in [0.4, 0.5) is 0 Å². The van der Waals surface area contributed by atoms with E-state index in [1.807, 2.05) is 6.92 Å². The summed E-state index contributed by atoms with van der Waals surface area (Å²) >= 11 is 0. The summed E-state index contributed by atoms with van der Waals surface area (Å²) in [4.78, 5) is 12.1. The van der Waals surface area contributed by atoms with Crippen molar-refractivity contribution in [1.29, 1.82) is 0 Å². The third-order valence-corrected chi connectivity index (χ3v) is 4.51. The molecular weight excluding hydrogens is 296 g/mol. The maximum absolute atomic E-state index is 12.1. The normalized spacial score (nSPS) is 15.7. The molecule has 1 aliphatic heterocycles. The average molecular weight is 319 g/mol. The van der Waals surface area contributed by atoms with Crippen LogP contribution in [0, 0.1) is 11.8 Å². The summed E-state index contributed by atoms with van der Waals surface area (Å²) in [6.45, 7) is 4.67. The summed E-state index contributed by atoms with van der Waals surface area (Å²) in [5.41, 5.74) is 1.30. The van der Waals surface area contributed by atoms with Crippen LogP contribution in [-0.2, 0) is 11.2 Å². The summed E-state index contributed by atoms with van der Waals surface area (Å²) < 4.78 is 0. The molecule has 0 radical (unpaired) electrons. The zero-order chi connectivity index (χ0) is 14.7. The molecule has 4 heteroatoms. The van der Waals surface area contributed by atoms with E-state index in [1.54, 1.807) is 0 Å². The van der Waals surface area contributed by atoms with Gasteiger partial charge < -0.3 is 10.6 Å². The fraction of sp³-hybridized carbons (Fsp3) is 0.389. The third kappa shape index (κ3) is 3.60. The van der Waals surface area contributed by atoms with Gasteiger partial charge in [0.2, 0.25) is 5.91 Å². The first kappa shape index (κ1) is 16.8. The highest BCUT2D eigenvalue weighted by atomic mass is 35.5. The van der Waals surface area contributed by atoms with Gasteiger partial charge in [0, 0.05) is 12.5 Å². The first-order valence-electron chi connectivity index (χ1n) is 7.71. The van der Waals surface area contributed by atoms with Crippen LogP contribution in [0.1, 0.15) is 12.5 Å². The number of benzene rings is 2. The Labute approximate surface area is 137 Å². The van der Waals surface area contributed by atoms with E-state index in [2.05, 4.69) is 53.1 Å². The zero-order valence-electron chi connectivity index (χ0n) is 12.8. The van der Waals surface area contributed by atoms with E-state index in [9.17, 15) is 4.79 Å². The third-order valence-electron chi connectivity index (χ3n) is 4.51. The fourth-order valence-corrected chi connectivity index (χ4v) is 2.87. The molecule has 118 valence electrons. The Morgan fingerprint density at radius 1 is 1.23 bits per heavy atom. The van der Waals surface area contributed by atoms with Crippen LogP contribution in [0.3, 0.4) is 0 Å². The van der Waals surface area contributed by atoms with E-state index in [0.717, 1.165) is 19.5 Å². The first-order chi connectivity index (χ1) is 10.3. The second-order valence-corrected chi connectivity index (χ2v) is 5.89. The molecule has 3 nitrogen and oxygen atoms in total. The predicted molar refractivity (Wildman–Crippen MR) is 93.4 cm³/mol. The number of hydrogen-bond acceptors (Lipinski definition) is 2. The Hall–Kier alpha value is -1.58. The van der Waals surface area contributed by atoms with Gasteiger partial charge in [-0.3, -0.25) is 4.79 Å². The molecule has 1 unspecified atom stereocenters. The Kier molecular flexibility index (Phi) is 5.81. The van der Waals surface area contributed by atoms with Gasteiger partial charge in [-0.05, 0) is 41.8 Å². The lowest BCUT2D eigenvalue weighted by molar-refractivity contribution is -0.126. The second-order valence-electron chi connectivity index (χ2n) is 5.89. The van der Waals surface area contributed by atoms with E-state index in [0.29, 0.717) is 12.5 Å². The van der Waals surface area contributed by atoms with Crippen LogP contribution >= 0.6 is 12.4 Å². The van der Waals surface area contributed by atoms with Crippen molar-refractivity contribution < 1.29 is 4.79 Å². The predicted octanol–water partition coefficient (Wildman–Crippen LogP) is 2.78. The molecule has 2 aromatic rings. The molecule has 0 aliphatic carbocycles. The number of halogens is 1. The SMILES string of the molecule is CC(C(=O)NCCc1cccc2ccccc12)C1CNC1.Cl. The van der Waals surface area contributed by atoms with Gasteiger partial charge in [-0.2, -0.15) is 0 Å². The van der Waals surface area contributed by atoms with Crippen LogP contribution in [-0.4, -0.2) is 25.5 Å². The van der Waals surface area contributed by atoms with Crippen LogP contribution in [0.2, 0.25) is 0 Å². The minimum absolute atomic E-state index is 0. The van der Waals surface area contributed by atoms with Gasteiger partial charge in [-0.15, -0.1) is 12.4 Å². The Balaban J connectivity index is 0.00000176. The molecule has 0 bridgehead atoms. The number of rotatable bonds is 5. The lowest BCUT2D eigenvalue weighted by Gasteiger charge is -2.31. The molecule has 1 atom stereocenters. The zero-order valence-corrected chi connectivity index (χ0v) is 13.7. The molecule has 0 spiro atoms. The van der Waals surface area contributed by atoms with Crippen LogP contribution in [0.25, 0.3) is 10.8 Å². The number of carbonyl (C=O) groups is 1. The lowest BCUT2D eigenvalue weighted by Crippen LogP contribution is -2.49. The van der Waals surface area contributed by atoms with Gasteiger partial charge >= 0.3 is 0 Å². The van der Waals surface area contributed by atoms with Crippen molar-refractivity contribution in [3.05, 3.63) is 48.0 Å². The van der Waals surface area contributed by atoms with E-state index in [-0.39, 0.29) is 24.2 Å². The van der Waals surface area contributed by atoms with Gasteiger partial charge in [0.15, 0.2) is 0 Å². The minimum atomic E-state index is 0. The molecule has 2 N–H and O–H groups in total. The van der Waals surface area contributed by atoms with E-state index >= 15 is 0 Å². The van der Waals surface area contributed by atoms with Gasteiger partial charge in [-0.1, -0.05) is 49.4 Å². The molecular formula is C18H23ClN2O. The summed E-state index contributed by atoms with van der Waals surface area (Å²) in [5.74, 6) is 0.794. The largest absolute Gasteiger partial charge is 0.356 e. The summed E-state index contributed by atoms with van der Waals surface area (Å²) in [6, 6.07) is 14.8. The Morgan fingerprint density at radius 3 is 2.68 bits per heavy atom. The summed E-state index contributed by atoms with van der Waals surface area (Å²) in [6.07, 6.45) is 0.878. The minimum Gasteiger partial charge on any atom is -0.356 e.